The smallest absolute Gasteiger partial charge is 0.314 e. The third-order valence-corrected chi connectivity index (χ3v) is 10.3. The van der Waals surface area contributed by atoms with Crippen LogP contribution in [0.3, 0.4) is 0 Å². The number of carbonyl (C=O) groups excluding carboxylic acids is 1. The summed E-state index contributed by atoms with van der Waals surface area (Å²) in [5.41, 5.74) is 5.24. The van der Waals surface area contributed by atoms with Crippen LogP contribution in [0.25, 0.3) is 0 Å². The molecule has 35 heavy (non-hydrogen) atoms. The van der Waals surface area contributed by atoms with Crippen molar-refractivity contribution >= 4 is 5.97 Å². The van der Waals surface area contributed by atoms with Gasteiger partial charge in [-0.15, -0.1) is 0 Å². The second kappa shape index (κ2) is 8.08. The molecule has 2 fully saturated rings. The standard InChI is InChI=1S/C33H36O2/c1-31(2)28-18-19-32(31,3)30(33(28)21-25-16-10-11-17-26(25)22-33)35-29(34)27(24-14-8-5-9-15-24)20-23-12-6-4-7-13-23/h4-17,27-28,30H,18-22H2,1-3H3. The molecule has 0 heterocycles. The van der Waals surface area contributed by atoms with Crippen LogP contribution in [0.5, 0.6) is 0 Å². The topological polar surface area (TPSA) is 26.3 Å². The van der Waals surface area contributed by atoms with Crippen LogP contribution in [0.4, 0.5) is 0 Å². The van der Waals surface area contributed by atoms with Crippen molar-refractivity contribution in [2.75, 3.05) is 0 Å². The molecule has 6 rings (SSSR count). The Bertz CT molecular complexity index is 1200. The highest BCUT2D eigenvalue weighted by atomic mass is 16.5. The van der Waals surface area contributed by atoms with Crippen molar-refractivity contribution in [2.24, 2.45) is 22.2 Å². The van der Waals surface area contributed by atoms with Gasteiger partial charge in [-0.3, -0.25) is 4.79 Å². The van der Waals surface area contributed by atoms with Crippen LogP contribution in [-0.4, -0.2) is 12.1 Å². The Morgan fingerprint density at radius 2 is 1.43 bits per heavy atom. The lowest BCUT2D eigenvalue weighted by molar-refractivity contribution is -0.169. The third-order valence-electron chi connectivity index (χ3n) is 10.3. The molecule has 2 heteroatoms. The fourth-order valence-corrected chi connectivity index (χ4v) is 8.24. The normalized spacial score (nSPS) is 28.1. The van der Waals surface area contributed by atoms with Gasteiger partial charge in [0.05, 0.1) is 5.92 Å². The molecule has 0 radical (unpaired) electrons. The van der Waals surface area contributed by atoms with Gasteiger partial charge < -0.3 is 4.74 Å². The van der Waals surface area contributed by atoms with E-state index in [0.29, 0.717) is 12.3 Å². The van der Waals surface area contributed by atoms with Crippen molar-refractivity contribution < 1.29 is 9.53 Å². The summed E-state index contributed by atoms with van der Waals surface area (Å²) in [6, 6.07) is 29.4. The lowest BCUT2D eigenvalue weighted by Gasteiger charge is -2.44. The van der Waals surface area contributed by atoms with E-state index in [2.05, 4.69) is 69.3 Å². The van der Waals surface area contributed by atoms with Crippen LogP contribution in [0, 0.1) is 22.2 Å². The molecular weight excluding hydrogens is 428 g/mol. The Labute approximate surface area is 209 Å². The van der Waals surface area contributed by atoms with E-state index in [1.165, 1.54) is 23.1 Å². The molecule has 2 saturated carbocycles. The number of hydrogen-bond acceptors (Lipinski definition) is 2. The molecule has 3 aliphatic rings. The quantitative estimate of drug-likeness (QED) is 0.374. The van der Waals surface area contributed by atoms with E-state index in [-0.39, 0.29) is 34.2 Å². The van der Waals surface area contributed by atoms with Gasteiger partial charge in [-0.1, -0.05) is 106 Å². The van der Waals surface area contributed by atoms with Gasteiger partial charge in [0.25, 0.3) is 0 Å². The Morgan fingerprint density at radius 1 is 0.857 bits per heavy atom. The monoisotopic (exact) mass is 464 g/mol. The molecular formula is C33H36O2. The first-order valence-electron chi connectivity index (χ1n) is 13.2. The Kier molecular flexibility index (Phi) is 5.22. The zero-order valence-corrected chi connectivity index (χ0v) is 21.2. The second-order valence-corrected chi connectivity index (χ2v) is 12.1. The molecule has 3 aromatic carbocycles. The fourth-order valence-electron chi connectivity index (χ4n) is 8.24. The van der Waals surface area contributed by atoms with Crippen LogP contribution in [0.2, 0.25) is 0 Å². The molecule has 2 nitrogen and oxygen atoms in total. The zero-order valence-electron chi connectivity index (χ0n) is 21.2. The van der Waals surface area contributed by atoms with Crippen molar-refractivity contribution in [3.63, 3.8) is 0 Å². The van der Waals surface area contributed by atoms with E-state index >= 15 is 0 Å². The van der Waals surface area contributed by atoms with E-state index in [1.807, 2.05) is 36.4 Å². The van der Waals surface area contributed by atoms with E-state index in [4.69, 9.17) is 4.74 Å². The Hall–Kier alpha value is -2.87. The Morgan fingerprint density at radius 3 is 2.06 bits per heavy atom. The van der Waals surface area contributed by atoms with Crippen molar-refractivity contribution in [3.8, 4) is 0 Å². The van der Waals surface area contributed by atoms with Crippen LogP contribution in [0.15, 0.2) is 84.9 Å². The molecule has 180 valence electrons. The predicted octanol–water partition coefficient (Wildman–Crippen LogP) is 7.17. The molecule has 1 spiro atoms. The number of hydrogen-bond donors (Lipinski definition) is 0. The number of benzene rings is 3. The number of ether oxygens (including phenoxy) is 1. The fraction of sp³-hybridized carbons (Fsp3) is 0.424. The summed E-state index contributed by atoms with van der Waals surface area (Å²) in [5, 5.41) is 0. The maximum atomic E-state index is 14.1. The van der Waals surface area contributed by atoms with Crippen molar-refractivity contribution in [2.45, 2.75) is 64.9 Å². The minimum Gasteiger partial charge on any atom is -0.461 e. The minimum atomic E-state index is -0.301. The van der Waals surface area contributed by atoms with Crippen molar-refractivity contribution in [1.82, 2.24) is 0 Å². The highest BCUT2D eigenvalue weighted by molar-refractivity contribution is 5.79. The highest BCUT2D eigenvalue weighted by Crippen LogP contribution is 2.75. The summed E-state index contributed by atoms with van der Waals surface area (Å²) in [6.45, 7) is 7.27. The summed E-state index contributed by atoms with van der Waals surface area (Å²) in [5.74, 6) is 0.199. The first-order valence-corrected chi connectivity index (χ1v) is 13.2. The van der Waals surface area contributed by atoms with Gasteiger partial charge in [0.2, 0.25) is 0 Å². The van der Waals surface area contributed by atoms with Crippen LogP contribution >= 0.6 is 0 Å². The average molecular weight is 465 g/mol. The molecule has 4 unspecified atom stereocenters. The SMILES string of the molecule is CC1(C)C2CCC1(C)C(OC(=O)C(Cc1ccccc1)c1ccccc1)C21Cc2ccccc2C1. The van der Waals surface area contributed by atoms with Crippen LogP contribution in [-0.2, 0) is 28.8 Å². The molecule has 0 N–H and O–H groups in total. The number of fused-ring (bicyclic) bond motifs is 4. The maximum Gasteiger partial charge on any atom is 0.314 e. The van der Waals surface area contributed by atoms with Gasteiger partial charge in [-0.2, -0.15) is 0 Å². The predicted molar refractivity (Wildman–Crippen MR) is 140 cm³/mol. The lowest BCUT2D eigenvalue weighted by atomic mass is 9.66. The van der Waals surface area contributed by atoms with E-state index < -0.39 is 0 Å². The van der Waals surface area contributed by atoms with Crippen LogP contribution in [0.1, 0.15) is 61.8 Å². The summed E-state index contributed by atoms with van der Waals surface area (Å²) in [6.07, 6.45) is 5.02. The van der Waals surface area contributed by atoms with Gasteiger partial charge in [0, 0.05) is 10.8 Å². The first-order chi connectivity index (χ1) is 16.8. The molecule has 0 amide bonds. The van der Waals surface area contributed by atoms with Gasteiger partial charge >= 0.3 is 5.97 Å². The summed E-state index contributed by atoms with van der Waals surface area (Å²) in [7, 11) is 0. The van der Waals surface area contributed by atoms with Gasteiger partial charge in [0.1, 0.15) is 6.10 Å². The van der Waals surface area contributed by atoms with Gasteiger partial charge in [-0.25, -0.2) is 0 Å². The molecule has 3 aliphatic carbocycles. The first kappa shape index (κ1) is 22.6. The zero-order chi connectivity index (χ0) is 24.3. The van der Waals surface area contributed by atoms with E-state index in [0.717, 1.165) is 24.8 Å². The molecule has 0 aromatic heterocycles. The van der Waals surface area contributed by atoms with E-state index in [9.17, 15) is 4.79 Å². The average Bonchev–Trinajstić information content (AvgIpc) is 3.40. The minimum absolute atomic E-state index is 0.00380. The molecule has 3 aromatic rings. The maximum absolute atomic E-state index is 14.1. The number of carbonyl (C=O) groups is 1. The molecule has 0 saturated heterocycles. The van der Waals surface area contributed by atoms with Crippen molar-refractivity contribution in [3.05, 3.63) is 107 Å². The second-order valence-electron chi connectivity index (χ2n) is 12.1. The third kappa shape index (κ3) is 3.33. The largest absolute Gasteiger partial charge is 0.461 e. The number of rotatable bonds is 5. The molecule has 2 bridgehead atoms. The van der Waals surface area contributed by atoms with Gasteiger partial charge in [0.15, 0.2) is 0 Å². The molecule has 0 aliphatic heterocycles. The highest BCUT2D eigenvalue weighted by Gasteiger charge is 2.74. The van der Waals surface area contributed by atoms with Crippen LogP contribution < -0.4 is 0 Å². The summed E-state index contributed by atoms with van der Waals surface area (Å²) in [4.78, 5) is 14.1. The molecule has 4 atom stereocenters. The lowest BCUT2D eigenvalue weighted by Crippen LogP contribution is -2.48. The summed E-state index contributed by atoms with van der Waals surface area (Å²) < 4.78 is 6.80. The number of esters is 1. The van der Waals surface area contributed by atoms with Gasteiger partial charge in [-0.05, 0) is 65.7 Å². The Balaban J connectivity index is 1.37. The summed E-state index contributed by atoms with van der Waals surface area (Å²) >= 11 is 0. The van der Waals surface area contributed by atoms with E-state index in [1.54, 1.807) is 0 Å². The van der Waals surface area contributed by atoms with Crippen molar-refractivity contribution in [1.29, 1.82) is 0 Å².